The van der Waals surface area contributed by atoms with Crippen molar-refractivity contribution in [3.05, 3.63) is 0 Å². The van der Waals surface area contributed by atoms with Crippen LogP contribution in [0.2, 0.25) is 0 Å². The van der Waals surface area contributed by atoms with Crippen LogP contribution in [0.3, 0.4) is 0 Å². The second-order valence-electron chi connectivity index (χ2n) is 5.06. The molecule has 2 N–H and O–H groups in total. The van der Waals surface area contributed by atoms with E-state index in [-0.39, 0.29) is 11.4 Å². The highest BCUT2D eigenvalue weighted by Crippen LogP contribution is 2.10. The average Bonchev–Trinajstić information content (AvgIpc) is 2.29. The Morgan fingerprint density at radius 1 is 1.44 bits per heavy atom. The minimum Gasteiger partial charge on any atom is -0.436 e. The van der Waals surface area contributed by atoms with E-state index in [1.54, 1.807) is 0 Å². The number of carbonyl (C=O) groups excluding carboxylic acids is 2. The number of hydrogen-bond donors (Lipinski definition) is 2. The Balaban J connectivity index is 2.45. The number of amides is 2. The molecule has 1 unspecified atom stereocenters. The van der Waals surface area contributed by atoms with Crippen molar-refractivity contribution < 1.29 is 14.3 Å². The fourth-order valence-corrected chi connectivity index (χ4v) is 1.49. The first-order chi connectivity index (χ1) is 7.38. The van der Waals surface area contributed by atoms with Gasteiger partial charge in [-0.3, -0.25) is 4.79 Å². The zero-order valence-corrected chi connectivity index (χ0v) is 10.1. The third-order valence-electron chi connectivity index (χ3n) is 2.21. The monoisotopic (exact) mass is 228 g/mol. The third kappa shape index (κ3) is 4.51. The molecule has 92 valence electrons. The van der Waals surface area contributed by atoms with E-state index >= 15 is 0 Å². The number of alkyl carbamates (subject to hydrolysis) is 1. The normalized spacial score (nSPS) is 21.9. The predicted octanol–water partition coefficient (Wildman–Crippen LogP) is 1.18. The average molecular weight is 228 g/mol. The van der Waals surface area contributed by atoms with Crippen LogP contribution in [0.5, 0.6) is 0 Å². The number of nitrogens with one attached hydrogen (secondary N) is 2. The fraction of sp³-hybridized carbons (Fsp3) is 0.818. The third-order valence-corrected chi connectivity index (χ3v) is 2.21. The lowest BCUT2D eigenvalue weighted by molar-refractivity contribution is -0.129. The minimum absolute atomic E-state index is 0.193. The number of hydrogen-bond acceptors (Lipinski definition) is 3. The van der Waals surface area contributed by atoms with Gasteiger partial charge in [-0.25, -0.2) is 4.79 Å². The van der Waals surface area contributed by atoms with E-state index in [4.69, 9.17) is 4.74 Å². The summed E-state index contributed by atoms with van der Waals surface area (Å²) in [6.07, 6.45) is 1.25. The van der Waals surface area contributed by atoms with Crippen LogP contribution in [0, 0.1) is 0 Å². The molecular weight excluding hydrogens is 208 g/mol. The summed E-state index contributed by atoms with van der Waals surface area (Å²) in [6.45, 7) is 6.25. The summed E-state index contributed by atoms with van der Waals surface area (Å²) < 4.78 is 5.10. The Morgan fingerprint density at radius 2 is 2.12 bits per heavy atom. The minimum atomic E-state index is -0.648. The summed E-state index contributed by atoms with van der Waals surface area (Å²) >= 11 is 0. The molecule has 5 heteroatoms. The summed E-state index contributed by atoms with van der Waals surface area (Å²) in [6, 6.07) is 0. The van der Waals surface area contributed by atoms with Gasteiger partial charge >= 0.3 is 6.09 Å². The zero-order valence-electron chi connectivity index (χ0n) is 10.1. The molecule has 0 saturated carbocycles. The molecule has 1 rings (SSSR count). The topological polar surface area (TPSA) is 67.4 Å². The maximum Gasteiger partial charge on any atom is 0.408 e. The highest BCUT2D eigenvalue weighted by atomic mass is 16.6. The lowest BCUT2D eigenvalue weighted by Crippen LogP contribution is -2.45. The van der Waals surface area contributed by atoms with Crippen molar-refractivity contribution in [3.63, 3.8) is 0 Å². The first-order valence-electron chi connectivity index (χ1n) is 5.65. The number of carbonyl (C=O) groups is 2. The summed E-state index contributed by atoms with van der Waals surface area (Å²) in [5.41, 5.74) is -0.349. The van der Waals surface area contributed by atoms with Crippen LogP contribution >= 0.6 is 0 Å². The maximum absolute atomic E-state index is 11.5. The van der Waals surface area contributed by atoms with Gasteiger partial charge in [0.2, 0.25) is 0 Å². The molecule has 5 nitrogen and oxygen atoms in total. The van der Waals surface area contributed by atoms with E-state index in [9.17, 15) is 9.59 Å². The van der Waals surface area contributed by atoms with Crippen LogP contribution in [-0.4, -0.2) is 30.2 Å². The molecule has 1 aliphatic rings. The molecule has 0 aromatic carbocycles. The Bertz CT molecular complexity index is 271. The fourth-order valence-electron chi connectivity index (χ4n) is 1.49. The summed E-state index contributed by atoms with van der Waals surface area (Å²) in [5, 5.41) is 5.39. The van der Waals surface area contributed by atoms with Crippen molar-refractivity contribution in [1.82, 2.24) is 10.6 Å². The maximum atomic E-state index is 11.5. The second-order valence-corrected chi connectivity index (χ2v) is 5.06. The molecule has 0 bridgehead atoms. The van der Waals surface area contributed by atoms with Crippen LogP contribution < -0.4 is 10.6 Å². The van der Waals surface area contributed by atoms with E-state index in [0.29, 0.717) is 13.0 Å². The molecule has 2 amide bonds. The quantitative estimate of drug-likeness (QED) is 0.708. The molecule has 0 radical (unpaired) electrons. The van der Waals surface area contributed by atoms with Gasteiger partial charge in [-0.1, -0.05) is 0 Å². The Morgan fingerprint density at radius 3 is 2.75 bits per heavy atom. The van der Waals surface area contributed by atoms with Crippen LogP contribution in [0.4, 0.5) is 4.79 Å². The van der Waals surface area contributed by atoms with Crippen molar-refractivity contribution >= 4 is 12.0 Å². The highest BCUT2D eigenvalue weighted by Gasteiger charge is 2.25. The van der Waals surface area contributed by atoms with Crippen molar-refractivity contribution in [1.29, 1.82) is 0 Å². The van der Waals surface area contributed by atoms with Gasteiger partial charge < -0.3 is 15.4 Å². The molecule has 0 aromatic heterocycles. The van der Waals surface area contributed by atoms with Crippen LogP contribution in [0.25, 0.3) is 0 Å². The van der Waals surface area contributed by atoms with E-state index in [2.05, 4.69) is 10.6 Å². The smallest absolute Gasteiger partial charge is 0.408 e. The summed E-state index contributed by atoms with van der Waals surface area (Å²) in [7, 11) is 0. The standard InChI is InChI=1S/C11H20N2O3/c1-11(2,3)13-10(15)16-8-6-4-5-7-12-9(8)14/h8H,4-7H2,1-3H3,(H,12,14)(H,13,15). The first-order valence-corrected chi connectivity index (χ1v) is 5.65. The molecule has 1 fully saturated rings. The highest BCUT2D eigenvalue weighted by molar-refractivity contribution is 5.83. The van der Waals surface area contributed by atoms with Crippen LogP contribution in [0.15, 0.2) is 0 Å². The van der Waals surface area contributed by atoms with Gasteiger partial charge in [0.25, 0.3) is 5.91 Å². The van der Waals surface area contributed by atoms with Crippen LogP contribution in [0.1, 0.15) is 40.0 Å². The molecule has 1 saturated heterocycles. The molecule has 16 heavy (non-hydrogen) atoms. The van der Waals surface area contributed by atoms with Gasteiger partial charge in [0.1, 0.15) is 0 Å². The largest absolute Gasteiger partial charge is 0.436 e. The first kappa shape index (κ1) is 12.8. The van der Waals surface area contributed by atoms with Gasteiger partial charge in [-0.2, -0.15) is 0 Å². The molecule has 1 aliphatic heterocycles. The molecule has 0 aliphatic carbocycles. The molecule has 0 spiro atoms. The Hall–Kier alpha value is -1.26. The summed E-state index contributed by atoms with van der Waals surface area (Å²) in [4.78, 5) is 23.0. The molecular formula is C11H20N2O3. The van der Waals surface area contributed by atoms with E-state index < -0.39 is 12.2 Å². The van der Waals surface area contributed by atoms with Gasteiger partial charge in [-0.05, 0) is 40.0 Å². The molecule has 0 aromatic rings. The van der Waals surface area contributed by atoms with E-state index in [1.807, 2.05) is 20.8 Å². The van der Waals surface area contributed by atoms with E-state index in [0.717, 1.165) is 12.8 Å². The van der Waals surface area contributed by atoms with Gasteiger partial charge in [0.05, 0.1) is 0 Å². The van der Waals surface area contributed by atoms with Crippen molar-refractivity contribution in [2.45, 2.75) is 51.7 Å². The van der Waals surface area contributed by atoms with Crippen LogP contribution in [-0.2, 0) is 9.53 Å². The van der Waals surface area contributed by atoms with Crippen molar-refractivity contribution in [3.8, 4) is 0 Å². The lowest BCUT2D eigenvalue weighted by atomic mass is 10.1. The molecule has 1 atom stereocenters. The van der Waals surface area contributed by atoms with Gasteiger partial charge in [0.15, 0.2) is 6.10 Å². The van der Waals surface area contributed by atoms with Crippen molar-refractivity contribution in [2.24, 2.45) is 0 Å². The van der Waals surface area contributed by atoms with Crippen molar-refractivity contribution in [2.75, 3.05) is 6.54 Å². The SMILES string of the molecule is CC(C)(C)NC(=O)OC1CCCCNC1=O. The predicted molar refractivity (Wildman–Crippen MR) is 60.0 cm³/mol. The van der Waals surface area contributed by atoms with E-state index in [1.165, 1.54) is 0 Å². The second kappa shape index (κ2) is 5.18. The van der Waals surface area contributed by atoms with Gasteiger partial charge in [0, 0.05) is 12.1 Å². The Labute approximate surface area is 95.9 Å². The van der Waals surface area contributed by atoms with Gasteiger partial charge in [-0.15, -0.1) is 0 Å². The number of rotatable bonds is 1. The Kier molecular flexibility index (Phi) is 4.15. The molecule has 1 heterocycles. The number of ether oxygens (including phenoxy) is 1. The zero-order chi connectivity index (χ0) is 12.2. The summed E-state index contributed by atoms with van der Waals surface area (Å²) in [5.74, 6) is -0.193. The lowest BCUT2D eigenvalue weighted by Gasteiger charge is -2.22.